The van der Waals surface area contributed by atoms with Crippen LogP contribution in [-0.4, -0.2) is 29.9 Å². The van der Waals surface area contributed by atoms with Crippen LogP contribution in [0.2, 0.25) is 0 Å². The summed E-state index contributed by atoms with van der Waals surface area (Å²) >= 11 is 0. The number of carbonyl (C=O) groups excluding carboxylic acids is 1. The van der Waals surface area contributed by atoms with Gasteiger partial charge in [-0.1, -0.05) is 26.0 Å². The Morgan fingerprint density at radius 3 is 2.59 bits per heavy atom. The highest BCUT2D eigenvalue weighted by atomic mass is 35.5. The highest BCUT2D eigenvalue weighted by Crippen LogP contribution is 2.22. The Bertz CT molecular complexity index is 478. The molecule has 1 fully saturated rings. The molecule has 0 spiro atoms. The molecular weight excluding hydrogens is 303 g/mol. The van der Waals surface area contributed by atoms with Crippen molar-refractivity contribution in [2.75, 3.05) is 13.1 Å². The Labute approximate surface area is 138 Å². The van der Waals surface area contributed by atoms with Gasteiger partial charge in [0.05, 0.1) is 6.04 Å². The van der Waals surface area contributed by atoms with E-state index in [1.54, 1.807) is 0 Å². The fourth-order valence-electron chi connectivity index (χ4n) is 3.00. The number of benzene rings is 1. The molecule has 22 heavy (non-hydrogen) atoms. The quantitative estimate of drug-likeness (QED) is 0.903. The van der Waals surface area contributed by atoms with E-state index >= 15 is 0 Å². The number of halogens is 2. The van der Waals surface area contributed by atoms with E-state index in [1.165, 1.54) is 12.1 Å². The van der Waals surface area contributed by atoms with Crippen molar-refractivity contribution in [3.8, 4) is 0 Å². The van der Waals surface area contributed by atoms with Gasteiger partial charge < -0.3 is 10.6 Å². The molecule has 0 bridgehead atoms. The molecule has 1 aromatic carbocycles. The Hall–Kier alpha value is -1.13. The van der Waals surface area contributed by atoms with Crippen molar-refractivity contribution in [3.63, 3.8) is 0 Å². The summed E-state index contributed by atoms with van der Waals surface area (Å²) < 4.78 is 12.9. The zero-order valence-corrected chi connectivity index (χ0v) is 14.1. The molecule has 2 atom stereocenters. The van der Waals surface area contributed by atoms with Gasteiger partial charge >= 0.3 is 0 Å². The average molecular weight is 329 g/mol. The van der Waals surface area contributed by atoms with Gasteiger partial charge in [-0.3, -0.25) is 4.79 Å². The molecule has 0 aromatic heterocycles. The Kier molecular flexibility index (Phi) is 7.30. The van der Waals surface area contributed by atoms with Gasteiger partial charge in [0.2, 0.25) is 5.91 Å². The maximum atomic E-state index is 12.9. The molecule has 2 rings (SSSR count). The van der Waals surface area contributed by atoms with Gasteiger partial charge in [0.1, 0.15) is 5.82 Å². The van der Waals surface area contributed by atoms with E-state index in [2.05, 4.69) is 13.8 Å². The number of nitrogens with zero attached hydrogens (tertiary/aromatic N) is 1. The van der Waals surface area contributed by atoms with Crippen molar-refractivity contribution in [3.05, 3.63) is 35.6 Å². The summed E-state index contributed by atoms with van der Waals surface area (Å²) in [5.74, 6) is 0.749. The molecule has 1 aromatic rings. The number of hydrogen-bond donors (Lipinski definition) is 1. The molecular formula is C17H26ClFN2O. The molecule has 0 radical (unpaired) electrons. The van der Waals surface area contributed by atoms with Crippen molar-refractivity contribution in [1.29, 1.82) is 0 Å². The lowest BCUT2D eigenvalue weighted by Gasteiger charge is -2.22. The number of carbonyl (C=O) groups is 1. The second-order valence-corrected chi connectivity index (χ2v) is 6.51. The molecule has 1 aliphatic rings. The molecule has 0 aliphatic carbocycles. The first-order valence-corrected chi connectivity index (χ1v) is 7.74. The zero-order valence-electron chi connectivity index (χ0n) is 13.3. The molecule has 5 heteroatoms. The fraction of sp³-hybridized carbons (Fsp3) is 0.588. The van der Waals surface area contributed by atoms with Gasteiger partial charge in [0.15, 0.2) is 0 Å². The predicted octanol–water partition coefficient (Wildman–Crippen LogP) is 3.01. The largest absolute Gasteiger partial charge is 0.341 e. The maximum Gasteiger partial charge on any atom is 0.239 e. The van der Waals surface area contributed by atoms with Gasteiger partial charge in [0.25, 0.3) is 0 Å². The molecule has 1 aliphatic heterocycles. The predicted molar refractivity (Wildman–Crippen MR) is 89.5 cm³/mol. The minimum atomic E-state index is -0.380. The number of amides is 1. The SMILES string of the molecule is CC(C)C[C@H](N)C(=O)N1CCC(Cc2ccc(F)cc2)C1.Cl. The molecule has 3 nitrogen and oxygen atoms in total. The van der Waals surface area contributed by atoms with E-state index in [1.807, 2.05) is 17.0 Å². The normalized spacial score (nSPS) is 19.1. The standard InChI is InChI=1S/C17H25FN2O.ClH/c1-12(2)9-16(19)17(21)20-8-7-14(11-20)10-13-3-5-15(18)6-4-13;/h3-6,12,14,16H,7-11,19H2,1-2H3;1H/t14?,16-;/m0./s1. The lowest BCUT2D eigenvalue weighted by Crippen LogP contribution is -2.43. The van der Waals surface area contributed by atoms with Crippen LogP contribution in [-0.2, 0) is 11.2 Å². The first-order chi connectivity index (χ1) is 9.95. The summed E-state index contributed by atoms with van der Waals surface area (Å²) in [6.07, 6.45) is 2.62. The van der Waals surface area contributed by atoms with E-state index in [9.17, 15) is 9.18 Å². The van der Waals surface area contributed by atoms with Crippen LogP contribution in [0.4, 0.5) is 4.39 Å². The van der Waals surface area contributed by atoms with Crippen molar-refractivity contribution in [2.24, 2.45) is 17.6 Å². The van der Waals surface area contributed by atoms with E-state index < -0.39 is 0 Å². The molecule has 0 saturated carbocycles. The zero-order chi connectivity index (χ0) is 15.4. The molecule has 1 amide bonds. The van der Waals surface area contributed by atoms with Gasteiger partial charge in [0, 0.05) is 13.1 Å². The lowest BCUT2D eigenvalue weighted by atomic mass is 9.99. The first kappa shape index (κ1) is 18.9. The summed E-state index contributed by atoms with van der Waals surface area (Å²) in [6.45, 7) is 5.71. The van der Waals surface area contributed by atoms with Crippen LogP contribution < -0.4 is 5.73 Å². The van der Waals surface area contributed by atoms with Crippen molar-refractivity contribution in [1.82, 2.24) is 4.90 Å². The molecule has 1 heterocycles. The Morgan fingerprint density at radius 1 is 1.36 bits per heavy atom. The van der Waals surface area contributed by atoms with Crippen LogP contribution in [0.5, 0.6) is 0 Å². The van der Waals surface area contributed by atoms with Crippen molar-refractivity contribution < 1.29 is 9.18 Å². The fourth-order valence-corrected chi connectivity index (χ4v) is 3.00. The van der Waals surface area contributed by atoms with Crippen LogP contribution in [0.3, 0.4) is 0 Å². The third-order valence-electron chi connectivity index (χ3n) is 4.08. The van der Waals surface area contributed by atoms with Crippen LogP contribution in [0.25, 0.3) is 0 Å². The van der Waals surface area contributed by atoms with Crippen LogP contribution in [0.1, 0.15) is 32.3 Å². The molecule has 1 unspecified atom stereocenters. The van der Waals surface area contributed by atoms with Crippen LogP contribution >= 0.6 is 12.4 Å². The number of hydrogen-bond acceptors (Lipinski definition) is 2. The highest BCUT2D eigenvalue weighted by Gasteiger charge is 2.29. The van der Waals surface area contributed by atoms with Gasteiger partial charge in [-0.25, -0.2) is 4.39 Å². The van der Waals surface area contributed by atoms with Gasteiger partial charge in [-0.05, 0) is 48.8 Å². The Balaban J connectivity index is 0.00000242. The summed E-state index contributed by atoms with van der Waals surface area (Å²) in [5.41, 5.74) is 7.11. The average Bonchev–Trinajstić information content (AvgIpc) is 2.88. The summed E-state index contributed by atoms with van der Waals surface area (Å²) in [5, 5.41) is 0. The number of nitrogens with two attached hydrogens (primary N) is 1. The highest BCUT2D eigenvalue weighted by molar-refractivity contribution is 5.85. The van der Waals surface area contributed by atoms with Crippen LogP contribution in [0, 0.1) is 17.7 Å². The third-order valence-corrected chi connectivity index (χ3v) is 4.08. The maximum absolute atomic E-state index is 12.9. The molecule has 2 N–H and O–H groups in total. The second-order valence-electron chi connectivity index (χ2n) is 6.51. The Morgan fingerprint density at radius 2 is 2.00 bits per heavy atom. The van der Waals surface area contributed by atoms with E-state index in [-0.39, 0.29) is 30.2 Å². The van der Waals surface area contributed by atoms with Crippen molar-refractivity contribution >= 4 is 18.3 Å². The van der Waals surface area contributed by atoms with Crippen molar-refractivity contribution in [2.45, 2.75) is 39.2 Å². The van der Waals surface area contributed by atoms with E-state index in [0.29, 0.717) is 11.8 Å². The summed E-state index contributed by atoms with van der Waals surface area (Å²) in [4.78, 5) is 14.2. The van der Waals surface area contributed by atoms with Crippen LogP contribution in [0.15, 0.2) is 24.3 Å². The summed E-state index contributed by atoms with van der Waals surface area (Å²) in [7, 11) is 0. The number of rotatable bonds is 5. The van der Waals surface area contributed by atoms with E-state index in [0.717, 1.165) is 37.9 Å². The first-order valence-electron chi connectivity index (χ1n) is 7.74. The minimum Gasteiger partial charge on any atom is -0.341 e. The van der Waals surface area contributed by atoms with E-state index in [4.69, 9.17) is 5.73 Å². The smallest absolute Gasteiger partial charge is 0.239 e. The minimum absolute atomic E-state index is 0. The third kappa shape index (κ3) is 5.25. The lowest BCUT2D eigenvalue weighted by molar-refractivity contribution is -0.132. The second kappa shape index (κ2) is 8.49. The molecule has 1 saturated heterocycles. The number of likely N-dealkylation sites (tertiary alicyclic amines) is 1. The molecule has 124 valence electrons. The monoisotopic (exact) mass is 328 g/mol. The van der Waals surface area contributed by atoms with Gasteiger partial charge in [-0.15, -0.1) is 12.4 Å². The summed E-state index contributed by atoms with van der Waals surface area (Å²) in [6, 6.07) is 6.25. The van der Waals surface area contributed by atoms with Gasteiger partial charge in [-0.2, -0.15) is 0 Å². The topological polar surface area (TPSA) is 46.3 Å².